The third-order valence-corrected chi connectivity index (χ3v) is 6.12. The minimum absolute atomic E-state index is 0.0854. The molecule has 7 heteroatoms. The van der Waals surface area contributed by atoms with E-state index in [2.05, 4.69) is 9.71 Å². The van der Waals surface area contributed by atoms with Crippen molar-refractivity contribution >= 4 is 31.6 Å². The smallest absolute Gasteiger partial charge is 0.240 e. The van der Waals surface area contributed by atoms with Crippen LogP contribution in [0.5, 0.6) is 0 Å². The van der Waals surface area contributed by atoms with Crippen molar-refractivity contribution in [1.29, 1.82) is 0 Å². The average Bonchev–Trinajstić information content (AvgIpc) is 3.27. The summed E-state index contributed by atoms with van der Waals surface area (Å²) in [4.78, 5) is 4.77. The summed E-state index contributed by atoms with van der Waals surface area (Å²) in [6, 6.07) is 19.7. The van der Waals surface area contributed by atoms with Gasteiger partial charge >= 0.3 is 0 Å². The van der Waals surface area contributed by atoms with Gasteiger partial charge in [-0.1, -0.05) is 30.3 Å². The lowest BCUT2D eigenvalue weighted by molar-refractivity contribution is 0.509. The highest BCUT2D eigenvalue weighted by Crippen LogP contribution is 2.31. The lowest BCUT2D eigenvalue weighted by Crippen LogP contribution is -2.22. The first kappa shape index (κ1) is 16.0. The van der Waals surface area contributed by atoms with Crippen LogP contribution >= 0.6 is 11.3 Å². The van der Waals surface area contributed by atoms with E-state index in [4.69, 9.17) is 4.42 Å². The molecule has 1 N–H and O–H groups in total. The maximum absolute atomic E-state index is 12.2. The van der Waals surface area contributed by atoms with Crippen molar-refractivity contribution in [3.8, 4) is 10.8 Å². The first-order valence-corrected chi connectivity index (χ1v) is 9.91. The lowest BCUT2D eigenvalue weighted by Gasteiger charge is -2.04. The summed E-state index contributed by atoms with van der Waals surface area (Å²) in [5.41, 5.74) is 0.922. The summed E-state index contributed by atoms with van der Waals surface area (Å²) in [7, 11) is -3.56. The molecule has 5 nitrogen and oxygen atoms in total. The van der Waals surface area contributed by atoms with Crippen molar-refractivity contribution in [3.05, 3.63) is 72.5 Å². The molecule has 0 amide bonds. The van der Waals surface area contributed by atoms with Gasteiger partial charge in [-0.05, 0) is 36.4 Å². The lowest BCUT2D eigenvalue weighted by atomic mass is 10.3. The van der Waals surface area contributed by atoms with Crippen molar-refractivity contribution in [2.75, 3.05) is 0 Å². The third-order valence-electron chi connectivity index (χ3n) is 3.66. The Morgan fingerprint density at radius 3 is 2.52 bits per heavy atom. The molecule has 0 radical (unpaired) electrons. The van der Waals surface area contributed by atoms with E-state index >= 15 is 0 Å². The van der Waals surface area contributed by atoms with Gasteiger partial charge in [0.25, 0.3) is 0 Å². The molecule has 2 aromatic carbocycles. The first-order valence-electron chi connectivity index (χ1n) is 7.61. The number of benzene rings is 2. The molecule has 0 spiro atoms. The van der Waals surface area contributed by atoms with Crippen LogP contribution in [-0.2, 0) is 16.6 Å². The molecule has 0 bridgehead atoms. The van der Waals surface area contributed by atoms with Crippen LogP contribution in [-0.4, -0.2) is 13.4 Å². The minimum atomic E-state index is -3.56. The van der Waals surface area contributed by atoms with E-state index in [1.165, 1.54) is 0 Å². The van der Waals surface area contributed by atoms with Crippen LogP contribution in [0.4, 0.5) is 0 Å². The number of furan rings is 1. The van der Waals surface area contributed by atoms with Crippen LogP contribution in [0.2, 0.25) is 0 Å². The number of sulfonamides is 1. The van der Waals surface area contributed by atoms with Crippen molar-refractivity contribution in [3.63, 3.8) is 0 Å². The molecular formula is C18H14N2O3S2. The van der Waals surface area contributed by atoms with Crippen LogP contribution in [0.25, 0.3) is 21.0 Å². The standard InChI is InChI=1S/C18H14N2O3S2/c21-25(22,14-6-2-1-3-7-14)19-12-13-10-11-16(23-13)18-20-15-8-4-5-9-17(15)24-18/h1-11,19H,12H2. The Bertz CT molecular complexity index is 1080. The molecule has 4 aromatic rings. The zero-order chi connectivity index (χ0) is 17.3. The fourth-order valence-corrected chi connectivity index (χ4v) is 4.36. The van der Waals surface area contributed by atoms with E-state index in [0.29, 0.717) is 11.5 Å². The highest BCUT2D eigenvalue weighted by atomic mass is 32.2. The summed E-state index contributed by atoms with van der Waals surface area (Å²) < 4.78 is 33.9. The van der Waals surface area contributed by atoms with Gasteiger partial charge in [-0.2, -0.15) is 0 Å². The molecule has 25 heavy (non-hydrogen) atoms. The largest absolute Gasteiger partial charge is 0.457 e. The predicted octanol–water partition coefficient (Wildman–Crippen LogP) is 4.03. The Morgan fingerprint density at radius 1 is 0.960 bits per heavy atom. The van der Waals surface area contributed by atoms with Gasteiger partial charge in [-0.15, -0.1) is 11.3 Å². The number of hydrogen-bond donors (Lipinski definition) is 1. The molecule has 126 valence electrons. The molecule has 0 aliphatic heterocycles. The SMILES string of the molecule is O=S(=O)(NCc1ccc(-c2nc3ccccc3s2)o1)c1ccccc1. The Balaban J connectivity index is 1.52. The van der Waals surface area contributed by atoms with E-state index in [1.807, 2.05) is 30.3 Å². The van der Waals surface area contributed by atoms with E-state index in [0.717, 1.165) is 15.2 Å². The minimum Gasteiger partial charge on any atom is -0.457 e. The summed E-state index contributed by atoms with van der Waals surface area (Å²) in [5.74, 6) is 1.17. The van der Waals surface area contributed by atoms with E-state index in [1.54, 1.807) is 47.7 Å². The molecule has 2 aromatic heterocycles. The van der Waals surface area contributed by atoms with E-state index < -0.39 is 10.0 Å². The van der Waals surface area contributed by atoms with Crippen molar-refractivity contribution in [1.82, 2.24) is 9.71 Å². The quantitative estimate of drug-likeness (QED) is 0.576. The molecule has 0 fully saturated rings. The third kappa shape index (κ3) is 3.34. The molecule has 0 aliphatic rings. The second-order valence-electron chi connectivity index (χ2n) is 5.39. The Hall–Kier alpha value is -2.48. The molecule has 0 unspecified atom stereocenters. The Kier molecular flexibility index (Phi) is 4.12. The number of rotatable bonds is 5. The predicted molar refractivity (Wildman–Crippen MR) is 97.8 cm³/mol. The highest BCUT2D eigenvalue weighted by Gasteiger charge is 2.15. The van der Waals surface area contributed by atoms with Gasteiger partial charge < -0.3 is 4.42 Å². The number of nitrogens with one attached hydrogen (secondary N) is 1. The fraction of sp³-hybridized carbons (Fsp3) is 0.0556. The summed E-state index contributed by atoms with van der Waals surface area (Å²) in [6.45, 7) is 0.0854. The zero-order valence-electron chi connectivity index (χ0n) is 13.0. The maximum Gasteiger partial charge on any atom is 0.240 e. The van der Waals surface area contributed by atoms with Gasteiger partial charge in [0, 0.05) is 0 Å². The number of fused-ring (bicyclic) bond motifs is 1. The molecular weight excluding hydrogens is 356 g/mol. The molecule has 4 rings (SSSR count). The van der Waals surface area contributed by atoms with Gasteiger partial charge in [0.1, 0.15) is 5.76 Å². The van der Waals surface area contributed by atoms with Crippen molar-refractivity contribution in [2.24, 2.45) is 0 Å². The summed E-state index contributed by atoms with van der Waals surface area (Å²) in [5, 5.41) is 0.776. The fourth-order valence-electron chi connectivity index (χ4n) is 2.41. The number of hydrogen-bond acceptors (Lipinski definition) is 5. The number of aromatic nitrogens is 1. The second-order valence-corrected chi connectivity index (χ2v) is 8.19. The van der Waals surface area contributed by atoms with Gasteiger partial charge in [-0.25, -0.2) is 18.1 Å². The monoisotopic (exact) mass is 370 g/mol. The van der Waals surface area contributed by atoms with Gasteiger partial charge in [-0.3, -0.25) is 0 Å². The van der Waals surface area contributed by atoms with Gasteiger partial charge in [0.05, 0.1) is 21.7 Å². The first-order chi connectivity index (χ1) is 12.1. The molecule has 0 aliphatic carbocycles. The van der Waals surface area contributed by atoms with Crippen LogP contribution in [0.15, 0.2) is 76.0 Å². The van der Waals surface area contributed by atoms with E-state index in [-0.39, 0.29) is 11.4 Å². The maximum atomic E-state index is 12.2. The second kappa shape index (κ2) is 6.44. The normalized spacial score (nSPS) is 11.8. The van der Waals surface area contributed by atoms with Crippen LogP contribution < -0.4 is 4.72 Å². The van der Waals surface area contributed by atoms with Gasteiger partial charge in [0.2, 0.25) is 10.0 Å². The number of para-hydroxylation sites is 1. The Morgan fingerprint density at radius 2 is 1.72 bits per heavy atom. The highest BCUT2D eigenvalue weighted by molar-refractivity contribution is 7.89. The van der Waals surface area contributed by atoms with Crippen LogP contribution in [0.1, 0.15) is 5.76 Å². The van der Waals surface area contributed by atoms with Gasteiger partial charge in [0.15, 0.2) is 10.8 Å². The molecule has 0 atom stereocenters. The molecule has 0 saturated carbocycles. The summed E-state index contributed by atoms with van der Waals surface area (Å²) in [6.07, 6.45) is 0. The van der Waals surface area contributed by atoms with Crippen LogP contribution in [0, 0.1) is 0 Å². The number of thiazole rings is 1. The molecule has 2 heterocycles. The number of nitrogens with zero attached hydrogens (tertiary/aromatic N) is 1. The average molecular weight is 370 g/mol. The summed E-state index contributed by atoms with van der Waals surface area (Å²) >= 11 is 1.54. The van der Waals surface area contributed by atoms with Crippen molar-refractivity contribution in [2.45, 2.75) is 11.4 Å². The van der Waals surface area contributed by atoms with E-state index in [9.17, 15) is 8.42 Å². The molecule has 0 saturated heterocycles. The van der Waals surface area contributed by atoms with Crippen molar-refractivity contribution < 1.29 is 12.8 Å². The zero-order valence-corrected chi connectivity index (χ0v) is 14.7. The Labute approximate surface area is 149 Å². The topological polar surface area (TPSA) is 72.2 Å². The van der Waals surface area contributed by atoms with Crippen LogP contribution in [0.3, 0.4) is 0 Å².